The third-order valence-electron chi connectivity index (χ3n) is 2.63. The molecule has 0 aliphatic carbocycles. The van der Waals surface area contributed by atoms with Gasteiger partial charge in [0, 0.05) is 12.3 Å². The first kappa shape index (κ1) is 15.9. The van der Waals surface area contributed by atoms with Crippen LogP contribution in [0.4, 0.5) is 0 Å². The second-order valence-electron chi connectivity index (χ2n) is 4.10. The maximum atomic E-state index is 11.0. The molecule has 0 saturated heterocycles. The Balaban J connectivity index is 3.47. The Morgan fingerprint density at radius 1 is 1.00 bits per heavy atom. The van der Waals surface area contributed by atoms with Crippen LogP contribution in [0, 0.1) is 5.92 Å². The topological polar surface area (TPSA) is 34.1 Å². The SMILES string of the molecule is CCCC(CCCCCCC(=O)Cl)C(=O)Cl. The number of halogens is 2. The van der Waals surface area contributed by atoms with Gasteiger partial charge in [0.25, 0.3) is 0 Å². The minimum absolute atomic E-state index is 0.0151. The lowest BCUT2D eigenvalue weighted by molar-refractivity contribution is -0.115. The third-order valence-corrected chi connectivity index (χ3v) is 3.13. The highest BCUT2D eigenvalue weighted by Gasteiger charge is 2.14. The zero-order valence-corrected chi connectivity index (χ0v) is 11.3. The summed E-state index contributed by atoms with van der Waals surface area (Å²) in [5.74, 6) is 0.0151. The van der Waals surface area contributed by atoms with Crippen molar-refractivity contribution in [3.8, 4) is 0 Å². The Morgan fingerprint density at radius 3 is 2.12 bits per heavy atom. The van der Waals surface area contributed by atoms with Crippen molar-refractivity contribution in [1.82, 2.24) is 0 Å². The number of rotatable bonds is 10. The molecule has 0 aliphatic rings. The summed E-state index contributed by atoms with van der Waals surface area (Å²) < 4.78 is 0. The van der Waals surface area contributed by atoms with Crippen molar-refractivity contribution < 1.29 is 9.59 Å². The summed E-state index contributed by atoms with van der Waals surface area (Å²) in [4.78, 5) is 21.5. The molecule has 0 heterocycles. The number of carbonyl (C=O) groups is 2. The van der Waals surface area contributed by atoms with Gasteiger partial charge in [0.15, 0.2) is 0 Å². The van der Waals surface area contributed by atoms with E-state index in [9.17, 15) is 9.59 Å². The number of unbranched alkanes of at least 4 members (excludes halogenated alkanes) is 3. The van der Waals surface area contributed by atoms with E-state index in [0.717, 1.165) is 44.9 Å². The molecule has 16 heavy (non-hydrogen) atoms. The lowest BCUT2D eigenvalue weighted by Gasteiger charge is -2.10. The zero-order valence-electron chi connectivity index (χ0n) is 9.81. The van der Waals surface area contributed by atoms with E-state index in [4.69, 9.17) is 23.2 Å². The van der Waals surface area contributed by atoms with Gasteiger partial charge >= 0.3 is 0 Å². The van der Waals surface area contributed by atoms with E-state index in [1.54, 1.807) is 0 Å². The molecular weight excluding hydrogens is 247 g/mol. The standard InChI is InChI=1S/C12H20Cl2O2/c1-2-7-10(12(14)16)8-5-3-4-6-9-11(13)15/h10H,2-9H2,1H3. The summed E-state index contributed by atoms with van der Waals surface area (Å²) >= 11 is 10.7. The van der Waals surface area contributed by atoms with Gasteiger partial charge in [-0.2, -0.15) is 0 Å². The highest BCUT2D eigenvalue weighted by atomic mass is 35.5. The summed E-state index contributed by atoms with van der Waals surface area (Å²) in [5, 5.41) is -0.474. The van der Waals surface area contributed by atoms with Gasteiger partial charge < -0.3 is 0 Å². The molecule has 0 radical (unpaired) electrons. The van der Waals surface area contributed by atoms with E-state index in [1.165, 1.54) is 0 Å². The minimum Gasteiger partial charge on any atom is -0.281 e. The molecule has 94 valence electrons. The molecule has 2 nitrogen and oxygen atoms in total. The van der Waals surface area contributed by atoms with Crippen molar-refractivity contribution in [1.29, 1.82) is 0 Å². The van der Waals surface area contributed by atoms with Crippen LogP contribution in [0.3, 0.4) is 0 Å². The van der Waals surface area contributed by atoms with E-state index in [2.05, 4.69) is 6.92 Å². The molecule has 0 amide bonds. The van der Waals surface area contributed by atoms with Crippen molar-refractivity contribution in [2.24, 2.45) is 5.92 Å². The number of hydrogen-bond acceptors (Lipinski definition) is 2. The van der Waals surface area contributed by atoms with Crippen LogP contribution in [0.1, 0.15) is 58.3 Å². The molecule has 4 heteroatoms. The average Bonchev–Trinajstić information content (AvgIpc) is 2.20. The van der Waals surface area contributed by atoms with E-state index in [-0.39, 0.29) is 16.4 Å². The fourth-order valence-electron chi connectivity index (χ4n) is 1.73. The first-order valence-corrected chi connectivity index (χ1v) is 6.71. The van der Waals surface area contributed by atoms with Crippen LogP contribution in [0.25, 0.3) is 0 Å². The Hall–Kier alpha value is -0.0800. The lowest BCUT2D eigenvalue weighted by Crippen LogP contribution is -2.08. The normalized spacial score (nSPS) is 12.4. The van der Waals surface area contributed by atoms with E-state index >= 15 is 0 Å². The predicted molar refractivity (Wildman–Crippen MR) is 67.8 cm³/mol. The Kier molecular flexibility index (Phi) is 10.0. The summed E-state index contributed by atoms with van der Waals surface area (Å²) in [6.07, 6.45) is 7.06. The summed E-state index contributed by atoms with van der Waals surface area (Å²) in [7, 11) is 0. The highest BCUT2D eigenvalue weighted by Crippen LogP contribution is 2.19. The number of carbonyl (C=O) groups excluding carboxylic acids is 2. The molecule has 0 N–H and O–H groups in total. The first-order chi connectivity index (χ1) is 7.57. The maximum absolute atomic E-state index is 11.0. The van der Waals surface area contributed by atoms with Crippen LogP contribution in [0.5, 0.6) is 0 Å². The Morgan fingerprint density at radius 2 is 1.62 bits per heavy atom. The molecule has 0 aromatic carbocycles. The zero-order chi connectivity index (χ0) is 12.4. The smallest absolute Gasteiger partial charge is 0.224 e. The summed E-state index contributed by atoms with van der Waals surface area (Å²) in [6.45, 7) is 2.05. The lowest BCUT2D eigenvalue weighted by atomic mass is 9.97. The highest BCUT2D eigenvalue weighted by molar-refractivity contribution is 6.64. The molecular formula is C12H20Cl2O2. The quantitative estimate of drug-likeness (QED) is 0.437. The van der Waals surface area contributed by atoms with Gasteiger partial charge in [-0.3, -0.25) is 9.59 Å². The van der Waals surface area contributed by atoms with Crippen LogP contribution in [-0.4, -0.2) is 10.5 Å². The number of hydrogen-bond donors (Lipinski definition) is 0. The second-order valence-corrected chi connectivity index (χ2v) is 4.89. The molecule has 0 bridgehead atoms. The fraction of sp³-hybridized carbons (Fsp3) is 0.833. The second kappa shape index (κ2) is 10.1. The minimum atomic E-state index is -0.264. The molecule has 0 fully saturated rings. The van der Waals surface area contributed by atoms with Crippen LogP contribution >= 0.6 is 23.2 Å². The molecule has 0 saturated carbocycles. The van der Waals surface area contributed by atoms with Crippen molar-refractivity contribution in [2.45, 2.75) is 58.3 Å². The van der Waals surface area contributed by atoms with Gasteiger partial charge in [-0.1, -0.05) is 32.6 Å². The van der Waals surface area contributed by atoms with Gasteiger partial charge in [-0.05, 0) is 42.5 Å². The first-order valence-electron chi connectivity index (χ1n) is 5.95. The van der Waals surface area contributed by atoms with Crippen LogP contribution in [-0.2, 0) is 9.59 Å². The molecule has 0 aromatic rings. The average molecular weight is 267 g/mol. The predicted octanol–water partition coefficient (Wildman–Crippen LogP) is 4.27. The summed E-state index contributed by atoms with van der Waals surface area (Å²) in [5.41, 5.74) is 0. The largest absolute Gasteiger partial charge is 0.281 e. The Labute approximate surface area is 108 Å². The summed E-state index contributed by atoms with van der Waals surface area (Å²) in [6, 6.07) is 0. The van der Waals surface area contributed by atoms with Gasteiger partial charge in [-0.15, -0.1) is 0 Å². The monoisotopic (exact) mass is 266 g/mol. The van der Waals surface area contributed by atoms with Crippen molar-refractivity contribution in [3.63, 3.8) is 0 Å². The fourth-order valence-corrected chi connectivity index (χ4v) is 2.08. The maximum Gasteiger partial charge on any atom is 0.224 e. The van der Waals surface area contributed by atoms with Crippen molar-refractivity contribution in [3.05, 3.63) is 0 Å². The van der Waals surface area contributed by atoms with Crippen molar-refractivity contribution >= 4 is 33.7 Å². The van der Waals surface area contributed by atoms with Crippen LogP contribution in [0.15, 0.2) is 0 Å². The Bertz CT molecular complexity index is 217. The molecule has 0 aliphatic heterocycles. The third kappa shape index (κ3) is 9.17. The van der Waals surface area contributed by atoms with Gasteiger partial charge in [0.05, 0.1) is 0 Å². The van der Waals surface area contributed by atoms with Crippen molar-refractivity contribution in [2.75, 3.05) is 0 Å². The molecule has 0 rings (SSSR count). The molecule has 0 aromatic heterocycles. The van der Waals surface area contributed by atoms with Gasteiger partial charge in [0.2, 0.25) is 10.5 Å². The molecule has 1 unspecified atom stereocenters. The van der Waals surface area contributed by atoms with Crippen LogP contribution in [0.2, 0.25) is 0 Å². The van der Waals surface area contributed by atoms with Crippen LogP contribution < -0.4 is 0 Å². The van der Waals surface area contributed by atoms with Gasteiger partial charge in [-0.25, -0.2) is 0 Å². The van der Waals surface area contributed by atoms with E-state index in [0.29, 0.717) is 6.42 Å². The van der Waals surface area contributed by atoms with E-state index in [1.807, 2.05) is 0 Å². The van der Waals surface area contributed by atoms with Gasteiger partial charge in [0.1, 0.15) is 0 Å². The molecule has 1 atom stereocenters. The molecule has 0 spiro atoms. The van der Waals surface area contributed by atoms with E-state index < -0.39 is 0 Å².